The maximum absolute atomic E-state index is 11.7. The van der Waals surface area contributed by atoms with Crippen LogP contribution in [0.3, 0.4) is 0 Å². The summed E-state index contributed by atoms with van der Waals surface area (Å²) in [7, 11) is 0. The number of aromatic amines is 1. The van der Waals surface area contributed by atoms with E-state index in [0.29, 0.717) is 22.6 Å². The normalized spacial score (nSPS) is 10.4. The van der Waals surface area contributed by atoms with E-state index in [4.69, 9.17) is 5.73 Å². The molecule has 6 nitrogen and oxygen atoms in total. The van der Waals surface area contributed by atoms with Crippen LogP contribution in [-0.4, -0.2) is 26.1 Å². The first kappa shape index (κ1) is 12.0. The number of carbonyl (C=O) groups excluding carboxylic acids is 1. The number of nitrogens with two attached hydrogens (primary N) is 1. The molecule has 0 spiro atoms. The number of aromatic nitrogens is 4. The zero-order chi connectivity index (χ0) is 13.9. The fraction of sp³-hybridized carbons (Fsp3) is 0. The van der Waals surface area contributed by atoms with Crippen molar-refractivity contribution in [1.29, 1.82) is 0 Å². The molecule has 0 fully saturated rings. The van der Waals surface area contributed by atoms with Crippen LogP contribution in [0.2, 0.25) is 0 Å². The summed E-state index contributed by atoms with van der Waals surface area (Å²) in [4.78, 5) is 18.9. The minimum absolute atomic E-state index is 0.401. The van der Waals surface area contributed by atoms with Crippen LogP contribution >= 0.6 is 0 Å². The summed E-state index contributed by atoms with van der Waals surface area (Å²) in [6, 6.07) is 10.8. The number of hydrogen-bond donors (Lipinski definition) is 2. The van der Waals surface area contributed by atoms with Crippen LogP contribution < -0.4 is 5.73 Å². The molecule has 0 saturated heterocycles. The number of H-pyrrole nitrogens is 1. The molecule has 0 aliphatic rings. The molecule has 1 aromatic carbocycles. The molecule has 0 aliphatic carbocycles. The second-order valence-electron chi connectivity index (χ2n) is 4.14. The van der Waals surface area contributed by atoms with Gasteiger partial charge in [0.05, 0.1) is 5.69 Å². The highest BCUT2D eigenvalue weighted by atomic mass is 16.1. The SMILES string of the molecule is NC(=O)c1cccc(-c2nnc[nH]2)c1-c1ccccn1. The van der Waals surface area contributed by atoms with Gasteiger partial charge in [0, 0.05) is 22.9 Å². The van der Waals surface area contributed by atoms with Crippen molar-refractivity contribution in [1.82, 2.24) is 20.2 Å². The summed E-state index contributed by atoms with van der Waals surface area (Å²) in [6.07, 6.45) is 3.14. The molecule has 1 amide bonds. The van der Waals surface area contributed by atoms with Gasteiger partial charge in [-0.2, -0.15) is 0 Å². The van der Waals surface area contributed by atoms with Gasteiger partial charge in [0.15, 0.2) is 5.82 Å². The van der Waals surface area contributed by atoms with Gasteiger partial charge in [0.1, 0.15) is 6.33 Å². The highest BCUT2D eigenvalue weighted by Crippen LogP contribution is 2.31. The standard InChI is InChI=1S/C14H11N5O/c15-13(20)9-4-3-5-10(14-17-8-18-19-14)12(9)11-6-1-2-7-16-11/h1-8H,(H2,15,20)(H,17,18,19). The molecule has 3 aromatic rings. The quantitative estimate of drug-likeness (QED) is 0.752. The van der Waals surface area contributed by atoms with Crippen LogP contribution in [0.5, 0.6) is 0 Å². The highest BCUT2D eigenvalue weighted by Gasteiger charge is 2.17. The lowest BCUT2D eigenvalue weighted by Crippen LogP contribution is -2.13. The van der Waals surface area contributed by atoms with Crippen molar-refractivity contribution in [3.05, 3.63) is 54.5 Å². The molecule has 0 atom stereocenters. The Hall–Kier alpha value is -3.02. The smallest absolute Gasteiger partial charge is 0.249 e. The van der Waals surface area contributed by atoms with Crippen molar-refractivity contribution in [2.45, 2.75) is 0 Å². The fourth-order valence-corrected chi connectivity index (χ4v) is 2.08. The maximum atomic E-state index is 11.7. The van der Waals surface area contributed by atoms with Gasteiger partial charge in [-0.25, -0.2) is 0 Å². The number of pyridine rings is 1. The Morgan fingerprint density at radius 3 is 2.70 bits per heavy atom. The van der Waals surface area contributed by atoms with E-state index in [1.165, 1.54) is 6.33 Å². The van der Waals surface area contributed by atoms with Gasteiger partial charge < -0.3 is 10.7 Å². The van der Waals surface area contributed by atoms with Crippen LogP contribution in [-0.2, 0) is 0 Å². The number of amides is 1. The topological polar surface area (TPSA) is 97.5 Å². The molecule has 2 aromatic heterocycles. The number of benzene rings is 1. The van der Waals surface area contributed by atoms with Crippen LogP contribution in [0.15, 0.2) is 48.9 Å². The average molecular weight is 265 g/mol. The molecule has 0 radical (unpaired) electrons. The fourth-order valence-electron chi connectivity index (χ4n) is 2.08. The third kappa shape index (κ3) is 2.03. The minimum Gasteiger partial charge on any atom is -0.366 e. The molecule has 0 unspecified atom stereocenters. The summed E-state index contributed by atoms with van der Waals surface area (Å²) in [5.41, 5.74) is 7.91. The van der Waals surface area contributed by atoms with Gasteiger partial charge in [0.25, 0.3) is 0 Å². The molecule has 3 rings (SSSR count). The van der Waals surface area contributed by atoms with E-state index in [9.17, 15) is 4.79 Å². The Kier molecular flexibility index (Phi) is 2.96. The van der Waals surface area contributed by atoms with Crippen molar-refractivity contribution >= 4 is 5.91 Å². The molecule has 0 saturated carbocycles. The number of nitrogens with one attached hydrogen (secondary N) is 1. The number of rotatable bonds is 3. The predicted octanol–water partition coefficient (Wildman–Crippen LogP) is 1.63. The monoisotopic (exact) mass is 265 g/mol. The van der Waals surface area contributed by atoms with E-state index in [-0.39, 0.29) is 0 Å². The highest BCUT2D eigenvalue weighted by molar-refractivity contribution is 6.02. The molecular formula is C14H11N5O. The minimum atomic E-state index is -0.507. The lowest BCUT2D eigenvalue weighted by molar-refractivity contribution is 0.100. The van der Waals surface area contributed by atoms with E-state index in [1.54, 1.807) is 18.3 Å². The molecule has 0 bridgehead atoms. The Labute approximate surface area is 114 Å². The third-order valence-corrected chi connectivity index (χ3v) is 2.92. The Morgan fingerprint density at radius 1 is 1.15 bits per heavy atom. The zero-order valence-corrected chi connectivity index (χ0v) is 10.4. The second-order valence-corrected chi connectivity index (χ2v) is 4.14. The van der Waals surface area contributed by atoms with E-state index in [2.05, 4.69) is 20.2 Å². The molecule has 20 heavy (non-hydrogen) atoms. The lowest BCUT2D eigenvalue weighted by Gasteiger charge is -2.10. The summed E-state index contributed by atoms with van der Waals surface area (Å²) in [5, 5.41) is 7.75. The number of primary amides is 1. The van der Waals surface area contributed by atoms with Crippen LogP contribution in [0, 0.1) is 0 Å². The Morgan fingerprint density at radius 2 is 2.05 bits per heavy atom. The van der Waals surface area contributed by atoms with Gasteiger partial charge in [-0.05, 0) is 18.2 Å². The first-order valence-corrected chi connectivity index (χ1v) is 5.98. The molecule has 0 aliphatic heterocycles. The van der Waals surface area contributed by atoms with Crippen molar-refractivity contribution in [2.24, 2.45) is 5.73 Å². The first-order chi connectivity index (χ1) is 9.77. The van der Waals surface area contributed by atoms with Crippen LogP contribution in [0.1, 0.15) is 10.4 Å². The van der Waals surface area contributed by atoms with E-state index >= 15 is 0 Å². The first-order valence-electron chi connectivity index (χ1n) is 5.98. The lowest BCUT2D eigenvalue weighted by atomic mass is 9.96. The molecule has 98 valence electrons. The third-order valence-electron chi connectivity index (χ3n) is 2.92. The summed E-state index contributed by atoms with van der Waals surface area (Å²) in [5.74, 6) is 0.0563. The van der Waals surface area contributed by atoms with Crippen molar-refractivity contribution in [3.8, 4) is 22.6 Å². The molecular weight excluding hydrogens is 254 g/mol. The Balaban J connectivity index is 2.31. The molecule has 3 N–H and O–H groups in total. The molecule has 2 heterocycles. The van der Waals surface area contributed by atoms with Gasteiger partial charge in [-0.15, -0.1) is 10.2 Å². The largest absolute Gasteiger partial charge is 0.366 e. The van der Waals surface area contributed by atoms with E-state index in [0.717, 1.165) is 5.56 Å². The Bertz CT molecular complexity index is 738. The number of carbonyl (C=O) groups is 1. The van der Waals surface area contributed by atoms with Crippen LogP contribution in [0.25, 0.3) is 22.6 Å². The van der Waals surface area contributed by atoms with Crippen molar-refractivity contribution < 1.29 is 4.79 Å². The van der Waals surface area contributed by atoms with Crippen molar-refractivity contribution in [2.75, 3.05) is 0 Å². The van der Waals surface area contributed by atoms with Gasteiger partial charge in [-0.1, -0.05) is 18.2 Å². The zero-order valence-electron chi connectivity index (χ0n) is 10.4. The summed E-state index contributed by atoms with van der Waals surface area (Å²) in [6.45, 7) is 0. The summed E-state index contributed by atoms with van der Waals surface area (Å²) >= 11 is 0. The number of hydrogen-bond acceptors (Lipinski definition) is 4. The second kappa shape index (κ2) is 4.93. The van der Waals surface area contributed by atoms with E-state index < -0.39 is 5.91 Å². The van der Waals surface area contributed by atoms with Crippen molar-refractivity contribution in [3.63, 3.8) is 0 Å². The predicted molar refractivity (Wildman–Crippen MR) is 73.6 cm³/mol. The average Bonchev–Trinajstić information content (AvgIpc) is 3.01. The summed E-state index contributed by atoms with van der Waals surface area (Å²) < 4.78 is 0. The van der Waals surface area contributed by atoms with E-state index in [1.807, 2.05) is 24.3 Å². The van der Waals surface area contributed by atoms with Gasteiger partial charge in [0.2, 0.25) is 5.91 Å². The van der Waals surface area contributed by atoms with Crippen LogP contribution in [0.4, 0.5) is 0 Å². The maximum Gasteiger partial charge on any atom is 0.249 e. The molecule has 6 heteroatoms. The number of nitrogens with zero attached hydrogens (tertiary/aromatic N) is 3. The van der Waals surface area contributed by atoms with Gasteiger partial charge >= 0.3 is 0 Å². The van der Waals surface area contributed by atoms with Gasteiger partial charge in [-0.3, -0.25) is 9.78 Å².